The van der Waals surface area contributed by atoms with E-state index in [0.29, 0.717) is 0 Å². The van der Waals surface area contributed by atoms with E-state index in [9.17, 15) is 0 Å². The third-order valence-electron chi connectivity index (χ3n) is 19.2. The van der Waals surface area contributed by atoms with Gasteiger partial charge in [-0.05, 0) is 144 Å². The molecule has 0 spiro atoms. The van der Waals surface area contributed by atoms with Gasteiger partial charge in [-0.15, -0.1) is 0 Å². The van der Waals surface area contributed by atoms with Crippen molar-refractivity contribution in [2.75, 3.05) is 0 Å². The average molecular weight is 887 g/mol. The molecule has 0 atom stereocenters. The molecule has 3 nitrogen and oxygen atoms in total. The first kappa shape index (κ1) is 46.6. The average Bonchev–Trinajstić information content (AvgIpc) is 3.30. The van der Waals surface area contributed by atoms with Crippen LogP contribution >= 0.6 is 8.60 Å². The van der Waals surface area contributed by atoms with Crippen molar-refractivity contribution in [1.82, 2.24) is 0 Å². The van der Waals surface area contributed by atoms with Crippen molar-refractivity contribution in [1.29, 1.82) is 0 Å². The van der Waals surface area contributed by atoms with E-state index in [2.05, 4.69) is 96.1 Å². The van der Waals surface area contributed by atoms with E-state index >= 15 is 0 Å². The van der Waals surface area contributed by atoms with Gasteiger partial charge < -0.3 is 13.6 Å². The van der Waals surface area contributed by atoms with Gasteiger partial charge in [0.05, 0.1) is 0 Å². The summed E-state index contributed by atoms with van der Waals surface area (Å²) in [6, 6.07) is 22.1. The van der Waals surface area contributed by atoms with Gasteiger partial charge in [-0.3, -0.25) is 0 Å². The third kappa shape index (κ3) is 9.75. The summed E-state index contributed by atoms with van der Waals surface area (Å²) in [5.41, 5.74) is 9.51. The summed E-state index contributed by atoms with van der Waals surface area (Å²) in [5.74, 6) is 2.94. The first-order chi connectivity index (χ1) is 30.8. The Hall–Kier alpha value is -2.51. The maximum atomic E-state index is 7.55. The van der Waals surface area contributed by atoms with Crippen LogP contribution in [0.2, 0.25) is 0 Å². The number of benzene rings is 3. The van der Waals surface area contributed by atoms with Crippen LogP contribution < -0.4 is 13.6 Å². The zero-order valence-electron chi connectivity index (χ0n) is 41.6. The van der Waals surface area contributed by atoms with Crippen molar-refractivity contribution in [3.05, 3.63) is 88.0 Å². The molecule has 6 aliphatic rings. The van der Waals surface area contributed by atoms with Crippen LogP contribution in [0, 0.1) is 0 Å². The molecule has 9 rings (SSSR count). The van der Waals surface area contributed by atoms with Crippen LogP contribution in [-0.4, -0.2) is 0 Å². The molecular formula is C60H87O3P. The number of hydrogen-bond acceptors (Lipinski definition) is 3. The normalized spacial score (nSPS) is 25.0. The molecular weight excluding hydrogens is 800 g/mol. The Morgan fingerprint density at radius 3 is 0.703 bits per heavy atom. The Balaban J connectivity index is 1.16. The highest BCUT2D eigenvalue weighted by molar-refractivity contribution is 7.43. The van der Waals surface area contributed by atoms with Crippen LogP contribution in [0.1, 0.15) is 268 Å². The van der Waals surface area contributed by atoms with Gasteiger partial charge in [-0.1, -0.05) is 194 Å². The highest BCUT2D eigenvalue weighted by Crippen LogP contribution is 2.56. The lowest BCUT2D eigenvalue weighted by Crippen LogP contribution is -2.30. The van der Waals surface area contributed by atoms with Gasteiger partial charge in [-0.25, -0.2) is 0 Å². The fourth-order valence-corrected chi connectivity index (χ4v) is 15.4. The van der Waals surface area contributed by atoms with Gasteiger partial charge in [0.15, 0.2) is 0 Å². The predicted molar refractivity (Wildman–Crippen MR) is 271 cm³/mol. The molecule has 6 fully saturated rings. The van der Waals surface area contributed by atoms with Crippen molar-refractivity contribution in [2.45, 2.75) is 267 Å². The summed E-state index contributed by atoms with van der Waals surface area (Å²) in [6.45, 7) is 15.2. The van der Waals surface area contributed by atoms with Gasteiger partial charge in [0.1, 0.15) is 17.2 Å². The predicted octanol–water partition coefficient (Wildman–Crippen LogP) is 18.8. The minimum atomic E-state index is -1.88. The lowest BCUT2D eigenvalue weighted by molar-refractivity contribution is 0.294. The molecule has 0 bridgehead atoms. The van der Waals surface area contributed by atoms with Crippen LogP contribution in [-0.2, 0) is 32.5 Å². The van der Waals surface area contributed by atoms with Crippen LogP contribution in [0.25, 0.3) is 0 Å². The molecule has 0 amide bonds. The molecule has 350 valence electrons. The Morgan fingerprint density at radius 1 is 0.281 bits per heavy atom. The maximum absolute atomic E-state index is 7.55. The topological polar surface area (TPSA) is 27.7 Å². The SMILES string of the molecule is CC1(c2ccc(OP(Oc3ccc(C4(C)CCCCC4)cc3C3(C)CCCCC3)Oc3ccc(C4(C)CCCCC4)cc3C3(C)CCCCC3)c(C3(C)CCCCC3)c2)CCCCC1. The van der Waals surface area contributed by atoms with E-state index in [1.807, 2.05) is 0 Å². The molecule has 0 N–H and O–H groups in total. The molecule has 6 saturated carbocycles. The summed E-state index contributed by atoms with van der Waals surface area (Å²) >= 11 is 0. The molecule has 3 aromatic carbocycles. The zero-order valence-corrected chi connectivity index (χ0v) is 42.5. The van der Waals surface area contributed by atoms with E-state index in [1.54, 1.807) is 0 Å². The summed E-state index contributed by atoms with van der Waals surface area (Å²) in [5, 5.41) is 0. The Labute approximate surface area is 392 Å². The lowest BCUT2D eigenvalue weighted by atomic mass is 9.67. The van der Waals surface area contributed by atoms with Gasteiger partial charge in [0.2, 0.25) is 0 Å². The molecule has 64 heavy (non-hydrogen) atoms. The lowest BCUT2D eigenvalue weighted by Gasteiger charge is -2.40. The smallest absolute Gasteiger partial charge is 0.408 e. The molecule has 0 heterocycles. The van der Waals surface area contributed by atoms with E-state index in [0.717, 1.165) is 17.2 Å². The van der Waals surface area contributed by atoms with Crippen molar-refractivity contribution >= 4 is 8.60 Å². The molecule has 0 unspecified atom stereocenters. The fraction of sp³-hybridized carbons (Fsp3) is 0.700. The fourth-order valence-electron chi connectivity index (χ4n) is 14.3. The summed E-state index contributed by atoms with van der Waals surface area (Å²) < 4.78 is 22.7. The number of rotatable bonds is 12. The second kappa shape index (κ2) is 19.2. The maximum Gasteiger partial charge on any atom is 0.530 e. The Kier molecular flexibility index (Phi) is 14.0. The Bertz CT molecular complexity index is 1800. The van der Waals surface area contributed by atoms with Crippen molar-refractivity contribution in [3.63, 3.8) is 0 Å². The zero-order chi connectivity index (χ0) is 44.5. The highest BCUT2D eigenvalue weighted by Gasteiger charge is 2.41. The first-order valence-electron chi connectivity index (χ1n) is 27.1. The van der Waals surface area contributed by atoms with Gasteiger partial charge in [0.25, 0.3) is 0 Å². The summed E-state index contributed by atoms with van der Waals surface area (Å²) in [7, 11) is -1.88. The number of hydrogen-bond donors (Lipinski definition) is 0. The second-order valence-electron chi connectivity index (χ2n) is 24.4. The van der Waals surface area contributed by atoms with Gasteiger partial charge >= 0.3 is 8.60 Å². The third-order valence-corrected chi connectivity index (χ3v) is 20.3. The molecule has 0 radical (unpaired) electrons. The summed E-state index contributed by atoms with van der Waals surface area (Å²) in [6.07, 6.45) is 38.6. The van der Waals surface area contributed by atoms with Gasteiger partial charge in [-0.2, -0.15) is 0 Å². The second-order valence-corrected chi connectivity index (χ2v) is 25.4. The van der Waals surface area contributed by atoms with Crippen LogP contribution in [0.5, 0.6) is 17.2 Å². The molecule has 0 aromatic heterocycles. The molecule has 0 saturated heterocycles. The highest BCUT2D eigenvalue weighted by atomic mass is 31.2. The standard InChI is InChI=1S/C60H87O3P/c1-55(31-13-7-14-32-55)46-25-28-52(49(43-46)58(4)37-19-10-20-38-58)61-64(62-53-29-26-47(56(2)33-15-8-16-34-56)44-50(53)59(5)39-21-11-22-40-59)63-54-30-27-48(57(3)35-17-9-18-36-57)45-51(54)60(6)41-23-12-24-42-60/h25-30,43-45H,7-24,31-42H2,1-6H3. The van der Waals surface area contributed by atoms with E-state index in [4.69, 9.17) is 13.6 Å². The molecule has 0 aliphatic heterocycles. The molecule has 4 heteroatoms. The largest absolute Gasteiger partial charge is 0.530 e. The quantitative estimate of drug-likeness (QED) is 0.170. The molecule has 6 aliphatic carbocycles. The minimum absolute atomic E-state index is 0.0608. The Morgan fingerprint density at radius 2 is 0.484 bits per heavy atom. The van der Waals surface area contributed by atoms with Crippen molar-refractivity contribution in [2.24, 2.45) is 0 Å². The van der Waals surface area contributed by atoms with E-state index < -0.39 is 8.60 Å². The first-order valence-corrected chi connectivity index (χ1v) is 28.2. The van der Waals surface area contributed by atoms with E-state index in [1.165, 1.54) is 226 Å². The van der Waals surface area contributed by atoms with Crippen molar-refractivity contribution in [3.8, 4) is 17.2 Å². The van der Waals surface area contributed by atoms with Gasteiger partial charge in [0, 0.05) is 16.7 Å². The van der Waals surface area contributed by atoms with Crippen LogP contribution in [0.15, 0.2) is 54.6 Å². The van der Waals surface area contributed by atoms with E-state index in [-0.39, 0.29) is 32.5 Å². The van der Waals surface area contributed by atoms with Crippen molar-refractivity contribution < 1.29 is 13.6 Å². The van der Waals surface area contributed by atoms with Crippen LogP contribution in [0.3, 0.4) is 0 Å². The summed E-state index contributed by atoms with van der Waals surface area (Å²) in [4.78, 5) is 0. The minimum Gasteiger partial charge on any atom is -0.408 e. The monoisotopic (exact) mass is 887 g/mol. The molecule has 3 aromatic rings. The van der Waals surface area contributed by atoms with Crippen LogP contribution in [0.4, 0.5) is 0 Å².